The highest BCUT2D eigenvalue weighted by molar-refractivity contribution is 6.31. The van der Waals surface area contributed by atoms with Crippen LogP contribution in [0.5, 0.6) is 0 Å². The maximum atomic E-state index is 6.41. The van der Waals surface area contributed by atoms with Crippen LogP contribution in [-0.2, 0) is 5.41 Å². The zero-order valence-corrected chi connectivity index (χ0v) is 19.0. The zero-order chi connectivity index (χ0) is 22.2. The van der Waals surface area contributed by atoms with E-state index in [4.69, 9.17) is 11.6 Å². The van der Waals surface area contributed by atoms with Crippen LogP contribution >= 0.6 is 11.6 Å². The van der Waals surface area contributed by atoms with E-state index in [1.807, 2.05) is 6.07 Å². The Morgan fingerprint density at radius 3 is 1.58 bits per heavy atom. The summed E-state index contributed by atoms with van der Waals surface area (Å²) in [5.41, 5.74) is 14.1. The largest absolute Gasteiger partial charge is 0.0841 e. The molecule has 0 saturated carbocycles. The number of benzene rings is 5. The van der Waals surface area contributed by atoms with Crippen LogP contribution in [0, 0.1) is 6.92 Å². The molecule has 2 aliphatic rings. The fourth-order valence-electron chi connectivity index (χ4n) is 6.21. The third-order valence-corrected chi connectivity index (χ3v) is 7.91. The van der Waals surface area contributed by atoms with Crippen molar-refractivity contribution in [1.82, 2.24) is 0 Å². The fraction of sp³-hybridized carbons (Fsp3) is 0.0625. The highest BCUT2D eigenvalue weighted by atomic mass is 35.5. The van der Waals surface area contributed by atoms with E-state index in [0.29, 0.717) is 0 Å². The average molecular weight is 441 g/mol. The summed E-state index contributed by atoms with van der Waals surface area (Å²) in [6, 6.07) is 40.0. The van der Waals surface area contributed by atoms with Gasteiger partial charge in [-0.25, -0.2) is 0 Å². The van der Waals surface area contributed by atoms with Gasteiger partial charge in [-0.2, -0.15) is 0 Å². The summed E-state index contributed by atoms with van der Waals surface area (Å²) in [4.78, 5) is 0. The molecule has 0 unspecified atom stereocenters. The summed E-state index contributed by atoms with van der Waals surface area (Å²) in [7, 11) is 0. The van der Waals surface area contributed by atoms with Gasteiger partial charge in [-0.3, -0.25) is 0 Å². The molecule has 0 atom stereocenters. The third kappa shape index (κ3) is 2.32. The quantitative estimate of drug-likeness (QED) is 0.239. The van der Waals surface area contributed by atoms with E-state index in [-0.39, 0.29) is 5.41 Å². The molecule has 0 bridgehead atoms. The Hall–Kier alpha value is -3.61. The van der Waals surface area contributed by atoms with Gasteiger partial charge in [0.2, 0.25) is 0 Å². The number of halogens is 1. The first-order valence-corrected chi connectivity index (χ1v) is 11.8. The predicted molar refractivity (Wildman–Crippen MR) is 138 cm³/mol. The molecule has 1 heteroatoms. The van der Waals surface area contributed by atoms with Crippen molar-refractivity contribution in [2.75, 3.05) is 0 Å². The summed E-state index contributed by atoms with van der Waals surface area (Å²) in [5.74, 6) is 0. The molecule has 1 spiro atoms. The van der Waals surface area contributed by atoms with Gasteiger partial charge in [-0.05, 0) is 80.3 Å². The molecule has 0 fully saturated rings. The molecule has 5 aromatic rings. The summed E-state index contributed by atoms with van der Waals surface area (Å²) in [5, 5.41) is 0.806. The summed E-state index contributed by atoms with van der Waals surface area (Å²) < 4.78 is 0. The van der Waals surface area contributed by atoms with E-state index < -0.39 is 0 Å². The first-order chi connectivity index (χ1) is 16.2. The Kier molecular flexibility index (Phi) is 3.84. The Morgan fingerprint density at radius 1 is 0.515 bits per heavy atom. The Balaban J connectivity index is 1.69. The Labute approximate surface area is 199 Å². The molecule has 156 valence electrons. The van der Waals surface area contributed by atoms with E-state index in [1.165, 1.54) is 55.6 Å². The number of hydrogen-bond acceptors (Lipinski definition) is 0. The van der Waals surface area contributed by atoms with Crippen molar-refractivity contribution < 1.29 is 0 Å². The minimum Gasteiger partial charge on any atom is -0.0841 e. The van der Waals surface area contributed by atoms with Crippen LogP contribution in [0.2, 0.25) is 5.02 Å². The minimum absolute atomic E-state index is 0.330. The van der Waals surface area contributed by atoms with Crippen molar-refractivity contribution in [2.24, 2.45) is 0 Å². The molecular weight excluding hydrogens is 420 g/mol. The Bertz CT molecular complexity index is 1530. The molecule has 0 nitrogen and oxygen atoms in total. The molecule has 33 heavy (non-hydrogen) atoms. The van der Waals surface area contributed by atoms with E-state index in [0.717, 1.165) is 10.6 Å². The van der Waals surface area contributed by atoms with Crippen LogP contribution in [0.1, 0.15) is 27.8 Å². The van der Waals surface area contributed by atoms with E-state index in [2.05, 4.69) is 110 Å². The lowest BCUT2D eigenvalue weighted by atomic mass is 9.68. The monoisotopic (exact) mass is 440 g/mol. The van der Waals surface area contributed by atoms with Gasteiger partial charge < -0.3 is 0 Å². The lowest BCUT2D eigenvalue weighted by Crippen LogP contribution is -2.26. The first-order valence-electron chi connectivity index (χ1n) is 11.4. The molecular formula is C32H21Cl. The van der Waals surface area contributed by atoms with Gasteiger partial charge in [0, 0.05) is 5.02 Å². The molecule has 0 amide bonds. The summed E-state index contributed by atoms with van der Waals surface area (Å²) in [6.45, 7) is 2.08. The second-order valence-electron chi connectivity index (χ2n) is 9.08. The number of fused-ring (bicyclic) bond motifs is 10. The lowest BCUT2D eigenvalue weighted by Gasteiger charge is -2.32. The highest BCUT2D eigenvalue weighted by Crippen LogP contribution is 2.64. The smallest absolute Gasteiger partial charge is 0.0731 e. The molecule has 7 rings (SSSR count). The number of aryl methyl sites for hydroxylation is 1. The van der Waals surface area contributed by atoms with E-state index in [9.17, 15) is 0 Å². The molecule has 0 N–H and O–H groups in total. The Morgan fingerprint density at radius 2 is 1.00 bits per heavy atom. The second kappa shape index (κ2) is 6.70. The molecule has 5 aromatic carbocycles. The van der Waals surface area contributed by atoms with Crippen LogP contribution in [0.3, 0.4) is 0 Å². The first kappa shape index (κ1) is 18.9. The standard InChI is InChI=1S/C32H21Cl/c1-20-19-21(17-18-30(20)33)22-12-8-13-26-25-11-4-7-16-29(25)32(31(22)26)27-14-5-2-9-23(27)24-10-3-6-15-28(24)32/h2-19H,1H3. The predicted octanol–water partition coefficient (Wildman–Crippen LogP) is 8.66. The maximum absolute atomic E-state index is 6.41. The van der Waals surface area contributed by atoms with Crippen molar-refractivity contribution >= 4 is 11.6 Å². The molecule has 0 aromatic heterocycles. The van der Waals surface area contributed by atoms with Crippen molar-refractivity contribution in [3.8, 4) is 33.4 Å². The van der Waals surface area contributed by atoms with Gasteiger partial charge in [0.05, 0.1) is 5.41 Å². The van der Waals surface area contributed by atoms with Gasteiger partial charge in [-0.15, -0.1) is 0 Å². The second-order valence-corrected chi connectivity index (χ2v) is 9.49. The van der Waals surface area contributed by atoms with Gasteiger partial charge in [0.25, 0.3) is 0 Å². The SMILES string of the molecule is Cc1cc(-c2cccc3c2C2(c4ccccc4-c4ccccc42)c2ccccc2-3)ccc1Cl. The minimum atomic E-state index is -0.330. The van der Waals surface area contributed by atoms with Crippen LogP contribution in [0.4, 0.5) is 0 Å². The molecule has 0 saturated heterocycles. The molecule has 0 aliphatic heterocycles. The summed E-state index contributed by atoms with van der Waals surface area (Å²) in [6.07, 6.45) is 0. The molecule has 0 heterocycles. The van der Waals surface area contributed by atoms with Crippen LogP contribution in [0.25, 0.3) is 33.4 Å². The van der Waals surface area contributed by atoms with Gasteiger partial charge in [0.15, 0.2) is 0 Å². The van der Waals surface area contributed by atoms with Crippen LogP contribution in [0.15, 0.2) is 109 Å². The highest BCUT2D eigenvalue weighted by Gasteiger charge is 2.52. The molecule has 0 radical (unpaired) electrons. The topological polar surface area (TPSA) is 0 Å². The van der Waals surface area contributed by atoms with E-state index >= 15 is 0 Å². The number of rotatable bonds is 1. The van der Waals surface area contributed by atoms with Crippen molar-refractivity contribution in [3.05, 3.63) is 142 Å². The number of hydrogen-bond donors (Lipinski definition) is 0. The van der Waals surface area contributed by atoms with Crippen LogP contribution in [-0.4, -0.2) is 0 Å². The van der Waals surface area contributed by atoms with Gasteiger partial charge in [-0.1, -0.05) is 109 Å². The van der Waals surface area contributed by atoms with E-state index in [1.54, 1.807) is 0 Å². The van der Waals surface area contributed by atoms with Crippen molar-refractivity contribution in [3.63, 3.8) is 0 Å². The average Bonchev–Trinajstić information content (AvgIpc) is 3.33. The van der Waals surface area contributed by atoms with Gasteiger partial charge in [0.1, 0.15) is 0 Å². The van der Waals surface area contributed by atoms with Gasteiger partial charge >= 0.3 is 0 Å². The fourth-order valence-corrected chi connectivity index (χ4v) is 6.33. The van der Waals surface area contributed by atoms with Crippen LogP contribution < -0.4 is 0 Å². The third-order valence-electron chi connectivity index (χ3n) is 7.48. The lowest BCUT2D eigenvalue weighted by molar-refractivity contribution is 0.795. The van der Waals surface area contributed by atoms with Crippen molar-refractivity contribution in [1.29, 1.82) is 0 Å². The normalized spacial score (nSPS) is 14.0. The summed E-state index contributed by atoms with van der Waals surface area (Å²) >= 11 is 6.41. The zero-order valence-electron chi connectivity index (χ0n) is 18.3. The molecule has 2 aliphatic carbocycles. The van der Waals surface area contributed by atoms with Crippen molar-refractivity contribution in [2.45, 2.75) is 12.3 Å². The maximum Gasteiger partial charge on any atom is 0.0731 e.